The van der Waals surface area contributed by atoms with Gasteiger partial charge in [0.05, 0.1) is 11.0 Å². The standard InChI is InChI=1S/C25H20BrFN2O3S/c26-23-19-4-2-1-3-15(19)6-8-21(23)32-12-22-28-13-25(14-33-22,24(30)31)11-18-9-16-5-7-17(27)10-20(16)29-18/h1-10,29H,11-14H2,(H,30,31). The van der Waals surface area contributed by atoms with Crippen molar-refractivity contribution < 1.29 is 19.0 Å². The number of carbonyl (C=O) groups is 1. The highest BCUT2D eigenvalue weighted by Gasteiger charge is 2.42. The summed E-state index contributed by atoms with van der Waals surface area (Å²) >= 11 is 5.03. The lowest BCUT2D eigenvalue weighted by molar-refractivity contribution is -0.147. The molecule has 0 saturated carbocycles. The van der Waals surface area contributed by atoms with Gasteiger partial charge in [-0.3, -0.25) is 9.79 Å². The molecule has 5 rings (SSSR count). The molecular weight excluding hydrogens is 507 g/mol. The zero-order valence-electron chi connectivity index (χ0n) is 17.5. The SMILES string of the molecule is O=C(O)C1(Cc2cc3ccc(F)cc3[nH]2)CN=C(COc2ccc3ccccc3c2Br)SC1. The molecule has 2 heterocycles. The van der Waals surface area contributed by atoms with Gasteiger partial charge in [-0.15, -0.1) is 11.8 Å². The van der Waals surface area contributed by atoms with Crippen LogP contribution in [0.5, 0.6) is 5.75 Å². The summed E-state index contributed by atoms with van der Waals surface area (Å²) in [6.07, 6.45) is 0.291. The molecule has 1 unspecified atom stereocenters. The van der Waals surface area contributed by atoms with Crippen LogP contribution in [-0.4, -0.2) is 40.0 Å². The van der Waals surface area contributed by atoms with Crippen LogP contribution in [0.3, 0.4) is 0 Å². The smallest absolute Gasteiger partial charge is 0.312 e. The third-order valence-electron chi connectivity index (χ3n) is 5.87. The zero-order chi connectivity index (χ0) is 23.0. The maximum absolute atomic E-state index is 13.5. The topological polar surface area (TPSA) is 74.7 Å². The lowest BCUT2D eigenvalue weighted by atomic mass is 9.85. The number of rotatable bonds is 6. The van der Waals surface area contributed by atoms with E-state index in [4.69, 9.17) is 4.74 Å². The monoisotopic (exact) mass is 526 g/mol. The number of nitrogens with one attached hydrogen (secondary N) is 1. The average molecular weight is 527 g/mol. The summed E-state index contributed by atoms with van der Waals surface area (Å²) in [5, 5.41) is 13.8. The van der Waals surface area contributed by atoms with Gasteiger partial charge in [0.2, 0.25) is 0 Å². The minimum absolute atomic E-state index is 0.163. The number of aromatic nitrogens is 1. The maximum atomic E-state index is 13.5. The molecule has 0 saturated heterocycles. The predicted molar refractivity (Wildman–Crippen MR) is 134 cm³/mol. The number of H-pyrrole nitrogens is 1. The predicted octanol–water partition coefficient (Wildman–Crippen LogP) is 6.06. The molecular formula is C25H20BrFN2O3S. The summed E-state index contributed by atoms with van der Waals surface area (Å²) in [7, 11) is 0. The van der Waals surface area contributed by atoms with Crippen LogP contribution in [0.2, 0.25) is 0 Å². The van der Waals surface area contributed by atoms with Crippen molar-refractivity contribution in [3.8, 4) is 5.75 Å². The molecule has 3 aromatic carbocycles. The first-order valence-electron chi connectivity index (χ1n) is 10.4. The number of benzene rings is 3. The van der Waals surface area contributed by atoms with Crippen LogP contribution >= 0.6 is 27.7 Å². The Morgan fingerprint density at radius 2 is 2.00 bits per heavy atom. The van der Waals surface area contributed by atoms with Gasteiger partial charge in [0.25, 0.3) is 0 Å². The van der Waals surface area contributed by atoms with E-state index in [-0.39, 0.29) is 19.0 Å². The summed E-state index contributed by atoms with van der Waals surface area (Å²) < 4.78 is 20.4. The van der Waals surface area contributed by atoms with Gasteiger partial charge in [-0.1, -0.05) is 30.3 Å². The Bertz CT molecular complexity index is 1400. The molecule has 1 aliphatic rings. The molecule has 33 heavy (non-hydrogen) atoms. The van der Waals surface area contributed by atoms with Crippen molar-refractivity contribution in [2.75, 3.05) is 18.9 Å². The van der Waals surface area contributed by atoms with Crippen LogP contribution in [0.1, 0.15) is 5.69 Å². The molecule has 0 fully saturated rings. The van der Waals surface area contributed by atoms with E-state index in [1.807, 2.05) is 42.5 Å². The van der Waals surface area contributed by atoms with Gasteiger partial charge < -0.3 is 14.8 Å². The quantitative estimate of drug-likeness (QED) is 0.320. The number of halogens is 2. The normalized spacial score (nSPS) is 18.4. The fourth-order valence-electron chi connectivity index (χ4n) is 4.04. The van der Waals surface area contributed by atoms with Crippen molar-refractivity contribution >= 4 is 60.4 Å². The number of aliphatic carboxylic acids is 1. The molecule has 0 spiro atoms. The molecule has 0 bridgehead atoms. The van der Waals surface area contributed by atoms with E-state index in [2.05, 4.69) is 25.9 Å². The van der Waals surface area contributed by atoms with E-state index in [0.29, 0.717) is 17.7 Å². The first-order chi connectivity index (χ1) is 15.9. The van der Waals surface area contributed by atoms with Crippen molar-refractivity contribution in [3.63, 3.8) is 0 Å². The van der Waals surface area contributed by atoms with Gasteiger partial charge in [0.1, 0.15) is 28.6 Å². The average Bonchev–Trinajstić information content (AvgIpc) is 3.21. The molecule has 1 aliphatic heterocycles. The van der Waals surface area contributed by atoms with Crippen molar-refractivity contribution in [2.45, 2.75) is 6.42 Å². The highest BCUT2D eigenvalue weighted by atomic mass is 79.9. The van der Waals surface area contributed by atoms with Crippen LogP contribution in [0, 0.1) is 11.2 Å². The summed E-state index contributed by atoms with van der Waals surface area (Å²) in [4.78, 5) is 19.9. The Labute approximate surface area is 202 Å². The Morgan fingerprint density at radius 1 is 1.18 bits per heavy atom. The minimum Gasteiger partial charge on any atom is -0.486 e. The van der Waals surface area contributed by atoms with Crippen LogP contribution < -0.4 is 4.74 Å². The number of aromatic amines is 1. The molecule has 4 aromatic rings. The lowest BCUT2D eigenvalue weighted by Gasteiger charge is -2.31. The summed E-state index contributed by atoms with van der Waals surface area (Å²) in [6, 6.07) is 18.3. The highest BCUT2D eigenvalue weighted by molar-refractivity contribution is 9.10. The molecule has 2 N–H and O–H groups in total. The van der Waals surface area contributed by atoms with Crippen molar-refractivity contribution in [2.24, 2.45) is 10.4 Å². The van der Waals surface area contributed by atoms with E-state index in [1.165, 1.54) is 23.9 Å². The van der Waals surface area contributed by atoms with Crippen LogP contribution in [-0.2, 0) is 11.2 Å². The summed E-state index contributed by atoms with van der Waals surface area (Å²) in [6.45, 7) is 0.444. The summed E-state index contributed by atoms with van der Waals surface area (Å²) in [5.74, 6) is -0.116. The van der Waals surface area contributed by atoms with E-state index in [1.54, 1.807) is 6.07 Å². The minimum atomic E-state index is -1.03. The Hall–Kier alpha value is -2.84. The second kappa shape index (κ2) is 8.83. The van der Waals surface area contributed by atoms with Crippen molar-refractivity contribution in [1.29, 1.82) is 0 Å². The number of fused-ring (bicyclic) bond motifs is 2. The summed E-state index contributed by atoms with van der Waals surface area (Å²) in [5.41, 5.74) is 0.387. The fourth-order valence-corrected chi connectivity index (χ4v) is 5.70. The number of carboxylic acid groups (broad SMARTS) is 1. The third kappa shape index (κ3) is 4.37. The molecule has 1 atom stereocenters. The second-order valence-corrected chi connectivity index (χ2v) is 10.0. The number of carboxylic acids is 1. The van der Waals surface area contributed by atoms with Crippen LogP contribution in [0.15, 0.2) is 70.1 Å². The van der Waals surface area contributed by atoms with Crippen LogP contribution in [0.25, 0.3) is 21.7 Å². The number of ether oxygens (including phenoxy) is 1. The van der Waals surface area contributed by atoms with Gasteiger partial charge in [0, 0.05) is 23.4 Å². The van der Waals surface area contributed by atoms with E-state index >= 15 is 0 Å². The van der Waals surface area contributed by atoms with Crippen LogP contribution in [0.4, 0.5) is 4.39 Å². The Balaban J connectivity index is 1.30. The molecule has 5 nitrogen and oxygen atoms in total. The highest BCUT2D eigenvalue weighted by Crippen LogP contribution is 2.36. The third-order valence-corrected chi connectivity index (χ3v) is 7.97. The van der Waals surface area contributed by atoms with Gasteiger partial charge in [-0.2, -0.15) is 0 Å². The lowest BCUT2D eigenvalue weighted by Crippen LogP contribution is -2.42. The Kier molecular flexibility index (Phi) is 5.88. The molecule has 0 radical (unpaired) electrons. The van der Waals surface area contributed by atoms with Gasteiger partial charge in [-0.05, 0) is 62.4 Å². The second-order valence-electron chi connectivity index (χ2n) is 8.17. The first-order valence-corrected chi connectivity index (χ1v) is 12.2. The maximum Gasteiger partial charge on any atom is 0.312 e. The molecule has 0 aliphatic carbocycles. The van der Waals surface area contributed by atoms with Gasteiger partial charge >= 0.3 is 5.97 Å². The number of hydrogen-bond acceptors (Lipinski definition) is 4. The first kappa shape index (κ1) is 22.0. The number of aliphatic imine (C=N–C) groups is 1. The van der Waals surface area contributed by atoms with Crippen molar-refractivity contribution in [1.82, 2.24) is 4.98 Å². The molecule has 0 amide bonds. The fraction of sp³-hybridized carbons (Fsp3) is 0.200. The van der Waals surface area contributed by atoms with Gasteiger partial charge in [-0.25, -0.2) is 4.39 Å². The number of nitrogens with zero attached hydrogens (tertiary/aromatic N) is 1. The largest absolute Gasteiger partial charge is 0.486 e. The van der Waals surface area contributed by atoms with E-state index in [9.17, 15) is 14.3 Å². The van der Waals surface area contributed by atoms with Gasteiger partial charge in [0.15, 0.2) is 0 Å². The molecule has 8 heteroatoms. The number of hydrogen-bond donors (Lipinski definition) is 2. The van der Waals surface area contributed by atoms with E-state index < -0.39 is 11.4 Å². The van der Waals surface area contributed by atoms with E-state index in [0.717, 1.165) is 37.1 Å². The zero-order valence-corrected chi connectivity index (χ0v) is 19.9. The molecule has 168 valence electrons. The Morgan fingerprint density at radius 3 is 2.79 bits per heavy atom. The number of thioether (sulfide) groups is 1. The molecule has 1 aromatic heterocycles. The van der Waals surface area contributed by atoms with Crippen molar-refractivity contribution in [3.05, 3.63) is 76.6 Å².